The van der Waals surface area contributed by atoms with E-state index in [9.17, 15) is 14.9 Å². The van der Waals surface area contributed by atoms with Crippen LogP contribution in [0.5, 0.6) is 0 Å². The van der Waals surface area contributed by atoms with Crippen molar-refractivity contribution >= 4 is 44.9 Å². The number of carbonyl (C=O) groups is 1. The summed E-state index contributed by atoms with van der Waals surface area (Å²) in [6, 6.07) is 7.29. The molecule has 0 spiro atoms. The zero-order chi connectivity index (χ0) is 14.7. The number of nitro benzene ring substituents is 1. The van der Waals surface area contributed by atoms with E-state index < -0.39 is 10.8 Å². The molecule has 1 aromatic heterocycles. The molecule has 0 aliphatic rings. The minimum atomic E-state index is -0.683. The smallest absolute Gasteiger partial charge is 0.283 e. The first-order chi connectivity index (χ1) is 9.49. The summed E-state index contributed by atoms with van der Waals surface area (Å²) in [6.07, 6.45) is 1.50. The normalized spacial score (nSPS) is 10.1. The third-order valence-corrected chi connectivity index (χ3v) is 3.17. The number of amides is 1. The molecule has 20 heavy (non-hydrogen) atoms. The van der Waals surface area contributed by atoms with Gasteiger partial charge in [0.15, 0.2) is 0 Å². The number of halogens is 2. The summed E-state index contributed by atoms with van der Waals surface area (Å²) in [5.74, 6) is -0.412. The minimum Gasteiger partial charge on any atom is -0.306 e. The molecule has 0 radical (unpaired) electrons. The Bertz CT molecular complexity index is 676. The van der Waals surface area contributed by atoms with Crippen molar-refractivity contribution in [3.05, 3.63) is 61.7 Å². The number of nitro groups is 1. The monoisotopic (exact) mass is 355 g/mol. The van der Waals surface area contributed by atoms with Gasteiger partial charge in [-0.05, 0) is 34.1 Å². The molecule has 8 heteroatoms. The molecule has 0 atom stereocenters. The zero-order valence-electron chi connectivity index (χ0n) is 9.84. The van der Waals surface area contributed by atoms with Crippen molar-refractivity contribution in [3.8, 4) is 0 Å². The van der Waals surface area contributed by atoms with Crippen molar-refractivity contribution in [3.63, 3.8) is 0 Å². The Labute approximate surface area is 127 Å². The maximum Gasteiger partial charge on any atom is 0.283 e. The van der Waals surface area contributed by atoms with Gasteiger partial charge in [0, 0.05) is 16.7 Å². The largest absolute Gasteiger partial charge is 0.306 e. The molecule has 1 heterocycles. The summed E-state index contributed by atoms with van der Waals surface area (Å²) < 4.78 is 0.749. The number of hydrogen-bond acceptors (Lipinski definition) is 4. The van der Waals surface area contributed by atoms with Crippen LogP contribution in [0.2, 0.25) is 5.02 Å². The van der Waals surface area contributed by atoms with Crippen LogP contribution in [0, 0.1) is 10.1 Å². The fraction of sp³-hybridized carbons (Fsp3) is 0. The second kappa shape index (κ2) is 5.98. The van der Waals surface area contributed by atoms with E-state index >= 15 is 0 Å². The highest BCUT2D eigenvalue weighted by Gasteiger charge is 2.23. The van der Waals surface area contributed by atoms with Crippen molar-refractivity contribution in [2.45, 2.75) is 0 Å². The SMILES string of the molecule is O=C(Nc1ccc(Br)cn1)c1c(Cl)cccc1[N+](=O)[O-]. The number of nitrogens with zero attached hydrogens (tertiary/aromatic N) is 2. The van der Waals surface area contributed by atoms with Crippen LogP contribution >= 0.6 is 27.5 Å². The highest BCUT2D eigenvalue weighted by Crippen LogP contribution is 2.27. The van der Waals surface area contributed by atoms with Gasteiger partial charge in [-0.15, -0.1) is 0 Å². The first-order valence-electron chi connectivity index (χ1n) is 5.35. The number of carbonyl (C=O) groups excluding carboxylic acids is 1. The summed E-state index contributed by atoms with van der Waals surface area (Å²) in [4.78, 5) is 26.3. The van der Waals surface area contributed by atoms with Crippen LogP contribution in [0.15, 0.2) is 41.0 Å². The van der Waals surface area contributed by atoms with Crippen LogP contribution in [-0.4, -0.2) is 15.8 Å². The average molecular weight is 357 g/mol. The molecule has 1 N–H and O–H groups in total. The van der Waals surface area contributed by atoms with Gasteiger partial charge in [0.2, 0.25) is 0 Å². The molecule has 0 fully saturated rings. The highest BCUT2D eigenvalue weighted by atomic mass is 79.9. The second-order valence-electron chi connectivity index (χ2n) is 3.71. The van der Waals surface area contributed by atoms with Crippen LogP contribution in [0.3, 0.4) is 0 Å². The van der Waals surface area contributed by atoms with Crippen molar-refractivity contribution < 1.29 is 9.72 Å². The summed E-state index contributed by atoms with van der Waals surface area (Å²) >= 11 is 9.08. The first-order valence-corrected chi connectivity index (χ1v) is 6.52. The highest BCUT2D eigenvalue weighted by molar-refractivity contribution is 9.10. The van der Waals surface area contributed by atoms with Gasteiger partial charge in [0.05, 0.1) is 9.95 Å². The van der Waals surface area contributed by atoms with Crippen LogP contribution in [0.25, 0.3) is 0 Å². The third-order valence-electron chi connectivity index (χ3n) is 2.38. The minimum absolute atomic E-state index is 0.00816. The lowest BCUT2D eigenvalue weighted by Gasteiger charge is -2.06. The van der Waals surface area contributed by atoms with Crippen LogP contribution < -0.4 is 5.32 Å². The standard InChI is InChI=1S/C12H7BrClN3O3/c13-7-4-5-10(15-6-7)16-12(18)11-8(14)2-1-3-9(11)17(19)20/h1-6H,(H,15,16,18). The molecule has 102 valence electrons. The van der Waals surface area contributed by atoms with Crippen molar-refractivity contribution in [1.29, 1.82) is 0 Å². The van der Waals surface area contributed by atoms with E-state index in [1.807, 2.05) is 0 Å². The molecular formula is C12H7BrClN3O3. The summed E-state index contributed by atoms with van der Waals surface area (Å²) in [6.45, 7) is 0. The van der Waals surface area contributed by atoms with Gasteiger partial charge < -0.3 is 5.32 Å². The van der Waals surface area contributed by atoms with Gasteiger partial charge in [-0.3, -0.25) is 14.9 Å². The molecule has 0 aliphatic carbocycles. The number of rotatable bonds is 3. The average Bonchev–Trinajstić information content (AvgIpc) is 2.40. The Morgan fingerprint density at radius 3 is 2.70 bits per heavy atom. The number of benzene rings is 1. The molecule has 1 amide bonds. The Balaban J connectivity index is 2.34. The van der Waals surface area contributed by atoms with Gasteiger partial charge >= 0.3 is 0 Å². The van der Waals surface area contributed by atoms with Crippen LogP contribution in [0.4, 0.5) is 11.5 Å². The number of anilines is 1. The van der Waals surface area contributed by atoms with E-state index in [1.165, 1.54) is 24.4 Å². The summed E-state index contributed by atoms with van der Waals surface area (Å²) in [5, 5.41) is 13.4. The fourth-order valence-electron chi connectivity index (χ4n) is 1.52. The van der Waals surface area contributed by atoms with Gasteiger partial charge in [-0.1, -0.05) is 17.7 Å². The summed E-state index contributed by atoms with van der Waals surface area (Å²) in [5.41, 5.74) is -0.545. The van der Waals surface area contributed by atoms with Gasteiger partial charge in [-0.2, -0.15) is 0 Å². The van der Waals surface area contributed by atoms with Gasteiger partial charge in [-0.25, -0.2) is 4.98 Å². The van der Waals surface area contributed by atoms with Crippen molar-refractivity contribution in [1.82, 2.24) is 4.98 Å². The Kier molecular flexibility index (Phi) is 4.31. The molecule has 0 saturated heterocycles. The predicted octanol–water partition coefficient (Wildman–Crippen LogP) is 3.66. The van der Waals surface area contributed by atoms with E-state index in [4.69, 9.17) is 11.6 Å². The van der Waals surface area contributed by atoms with E-state index in [-0.39, 0.29) is 22.1 Å². The van der Waals surface area contributed by atoms with E-state index in [2.05, 4.69) is 26.2 Å². The lowest BCUT2D eigenvalue weighted by molar-refractivity contribution is -0.385. The maximum atomic E-state index is 12.1. The van der Waals surface area contributed by atoms with Gasteiger partial charge in [0.1, 0.15) is 11.4 Å². The number of aromatic nitrogens is 1. The predicted molar refractivity (Wildman–Crippen MR) is 78.0 cm³/mol. The number of nitrogens with one attached hydrogen (secondary N) is 1. The zero-order valence-corrected chi connectivity index (χ0v) is 12.2. The molecule has 2 aromatic rings. The molecule has 0 unspecified atom stereocenters. The van der Waals surface area contributed by atoms with E-state index in [0.29, 0.717) is 0 Å². The molecule has 6 nitrogen and oxygen atoms in total. The van der Waals surface area contributed by atoms with Crippen molar-refractivity contribution in [2.24, 2.45) is 0 Å². The lowest BCUT2D eigenvalue weighted by atomic mass is 10.1. The first kappa shape index (κ1) is 14.4. The lowest BCUT2D eigenvalue weighted by Crippen LogP contribution is -2.15. The van der Waals surface area contributed by atoms with Crippen molar-refractivity contribution in [2.75, 3.05) is 5.32 Å². The molecule has 0 aliphatic heterocycles. The third kappa shape index (κ3) is 3.12. The Hall–Kier alpha value is -1.99. The Morgan fingerprint density at radius 2 is 2.10 bits per heavy atom. The molecule has 0 saturated carbocycles. The quantitative estimate of drug-likeness (QED) is 0.672. The topological polar surface area (TPSA) is 85.1 Å². The van der Waals surface area contributed by atoms with Gasteiger partial charge in [0.25, 0.3) is 11.6 Å². The molecular weight excluding hydrogens is 350 g/mol. The molecule has 2 rings (SSSR count). The second-order valence-corrected chi connectivity index (χ2v) is 5.03. The van der Waals surface area contributed by atoms with E-state index in [1.54, 1.807) is 12.1 Å². The van der Waals surface area contributed by atoms with E-state index in [0.717, 1.165) is 4.47 Å². The molecule has 0 bridgehead atoms. The maximum absolute atomic E-state index is 12.1. The fourth-order valence-corrected chi connectivity index (χ4v) is 2.01. The van der Waals surface area contributed by atoms with Crippen LogP contribution in [-0.2, 0) is 0 Å². The molecule has 1 aromatic carbocycles. The van der Waals surface area contributed by atoms with Crippen LogP contribution in [0.1, 0.15) is 10.4 Å². The number of pyridine rings is 1. The Morgan fingerprint density at radius 1 is 1.35 bits per heavy atom. The summed E-state index contributed by atoms with van der Waals surface area (Å²) in [7, 11) is 0. The number of hydrogen-bond donors (Lipinski definition) is 1.